The number of fused-ring (bicyclic) bond motifs is 1. The molecule has 3 atom stereocenters. The van der Waals surface area contributed by atoms with Crippen molar-refractivity contribution in [3.05, 3.63) is 21.7 Å². The molecule has 1 aliphatic rings. The van der Waals surface area contributed by atoms with Crippen molar-refractivity contribution in [2.75, 3.05) is 0 Å². The molecular formula is C11H13BrO4. The summed E-state index contributed by atoms with van der Waals surface area (Å²) in [4.78, 5) is 0. The molecule has 0 amide bonds. The number of halogens is 1. The number of rotatable bonds is 0. The number of phenols is 2. The number of benzene rings is 1. The summed E-state index contributed by atoms with van der Waals surface area (Å²) in [7, 11) is 0. The minimum absolute atomic E-state index is 0.00579. The van der Waals surface area contributed by atoms with E-state index in [-0.39, 0.29) is 17.6 Å². The third kappa shape index (κ3) is 1.59. The van der Waals surface area contributed by atoms with E-state index in [0.717, 1.165) is 0 Å². The lowest BCUT2D eigenvalue weighted by molar-refractivity contribution is -0.0825. The lowest BCUT2D eigenvalue weighted by Crippen LogP contribution is -2.27. The molecule has 4 nitrogen and oxygen atoms in total. The first-order valence-corrected chi connectivity index (χ1v) is 5.80. The number of ether oxygens (including phenoxy) is 1. The summed E-state index contributed by atoms with van der Waals surface area (Å²) in [5, 5.41) is 29.6. The fourth-order valence-electron chi connectivity index (χ4n) is 2.08. The van der Waals surface area contributed by atoms with Gasteiger partial charge in [0, 0.05) is 11.1 Å². The number of hydrogen-bond acceptors (Lipinski definition) is 4. The van der Waals surface area contributed by atoms with Crippen LogP contribution in [0.3, 0.4) is 0 Å². The van der Waals surface area contributed by atoms with Crippen molar-refractivity contribution < 1.29 is 20.1 Å². The van der Waals surface area contributed by atoms with Gasteiger partial charge in [0.05, 0.1) is 16.7 Å². The van der Waals surface area contributed by atoms with E-state index in [2.05, 4.69) is 15.9 Å². The van der Waals surface area contributed by atoms with Crippen molar-refractivity contribution in [1.29, 1.82) is 0 Å². The van der Waals surface area contributed by atoms with Crippen molar-refractivity contribution in [2.45, 2.75) is 32.2 Å². The van der Waals surface area contributed by atoms with Gasteiger partial charge in [0.2, 0.25) is 0 Å². The molecule has 0 aliphatic carbocycles. The molecule has 16 heavy (non-hydrogen) atoms. The van der Waals surface area contributed by atoms with Crippen LogP contribution in [-0.4, -0.2) is 21.4 Å². The summed E-state index contributed by atoms with van der Waals surface area (Å²) in [5.74, 6) is -0.0274. The van der Waals surface area contributed by atoms with Gasteiger partial charge in [-0.25, -0.2) is 0 Å². The highest BCUT2D eigenvalue weighted by Gasteiger charge is 2.35. The highest BCUT2D eigenvalue weighted by atomic mass is 79.9. The van der Waals surface area contributed by atoms with E-state index in [1.165, 1.54) is 6.07 Å². The molecule has 0 saturated carbocycles. The van der Waals surface area contributed by atoms with E-state index in [0.29, 0.717) is 15.6 Å². The lowest BCUT2D eigenvalue weighted by Gasteiger charge is -2.33. The summed E-state index contributed by atoms with van der Waals surface area (Å²) in [6.07, 6.45) is -1.70. The van der Waals surface area contributed by atoms with E-state index in [1.807, 2.05) is 0 Å². The molecule has 0 radical (unpaired) electrons. The Balaban J connectivity index is 2.70. The Bertz CT molecular complexity index is 432. The Kier molecular flexibility index (Phi) is 2.86. The van der Waals surface area contributed by atoms with Crippen LogP contribution in [0.4, 0.5) is 0 Å². The standard InChI is InChI=1S/C11H13BrO4/c1-4-8-9(10(14)5(2)16-4)7(13)3-6(12)11(8)15/h3-5,10,13-15H,1-2H3/t4-,5+,10+/m1/s1. The Morgan fingerprint density at radius 1 is 1.25 bits per heavy atom. The van der Waals surface area contributed by atoms with Crippen molar-refractivity contribution in [1.82, 2.24) is 0 Å². The third-order valence-electron chi connectivity index (χ3n) is 2.88. The van der Waals surface area contributed by atoms with E-state index in [4.69, 9.17) is 4.74 Å². The molecule has 1 aliphatic heterocycles. The minimum Gasteiger partial charge on any atom is -0.508 e. The Morgan fingerprint density at radius 3 is 2.50 bits per heavy atom. The van der Waals surface area contributed by atoms with Crippen molar-refractivity contribution in [2.24, 2.45) is 0 Å². The van der Waals surface area contributed by atoms with E-state index in [9.17, 15) is 15.3 Å². The maximum atomic E-state index is 9.93. The van der Waals surface area contributed by atoms with Crippen molar-refractivity contribution in [3.8, 4) is 11.5 Å². The number of aliphatic hydroxyl groups excluding tert-OH is 1. The van der Waals surface area contributed by atoms with Gasteiger partial charge < -0.3 is 20.1 Å². The van der Waals surface area contributed by atoms with Gasteiger partial charge in [0.15, 0.2) is 0 Å². The summed E-state index contributed by atoms with van der Waals surface area (Å²) in [6.45, 7) is 3.50. The van der Waals surface area contributed by atoms with E-state index < -0.39 is 12.2 Å². The monoisotopic (exact) mass is 288 g/mol. The zero-order chi connectivity index (χ0) is 12.0. The van der Waals surface area contributed by atoms with Crippen LogP contribution in [0.15, 0.2) is 10.5 Å². The zero-order valence-corrected chi connectivity index (χ0v) is 10.5. The smallest absolute Gasteiger partial charge is 0.136 e. The lowest BCUT2D eigenvalue weighted by atomic mass is 9.91. The van der Waals surface area contributed by atoms with Crippen LogP contribution in [0.25, 0.3) is 0 Å². The van der Waals surface area contributed by atoms with Gasteiger partial charge in [-0.15, -0.1) is 0 Å². The summed E-state index contributed by atoms with van der Waals surface area (Å²) < 4.78 is 5.86. The van der Waals surface area contributed by atoms with Gasteiger partial charge in [-0.3, -0.25) is 0 Å². The molecular weight excluding hydrogens is 276 g/mol. The quantitative estimate of drug-likeness (QED) is 0.641. The molecule has 2 rings (SSSR count). The number of phenolic OH excluding ortho intramolecular Hbond substituents is 2. The molecule has 0 aromatic heterocycles. The molecule has 0 unspecified atom stereocenters. The van der Waals surface area contributed by atoms with Gasteiger partial charge in [-0.2, -0.15) is 0 Å². The van der Waals surface area contributed by atoms with Crippen molar-refractivity contribution in [3.63, 3.8) is 0 Å². The number of aromatic hydroxyl groups is 2. The summed E-state index contributed by atoms with van der Waals surface area (Å²) in [6, 6.07) is 1.38. The van der Waals surface area contributed by atoms with Crippen LogP contribution in [0.1, 0.15) is 37.2 Å². The molecule has 1 aromatic rings. The molecule has 0 saturated heterocycles. The van der Waals surface area contributed by atoms with E-state index >= 15 is 0 Å². The fraction of sp³-hybridized carbons (Fsp3) is 0.455. The fourth-order valence-corrected chi connectivity index (χ4v) is 2.51. The zero-order valence-electron chi connectivity index (χ0n) is 8.94. The molecule has 0 bridgehead atoms. The normalized spacial score (nSPS) is 28.9. The molecule has 0 fully saturated rings. The molecule has 88 valence electrons. The van der Waals surface area contributed by atoms with Gasteiger partial charge >= 0.3 is 0 Å². The Morgan fingerprint density at radius 2 is 1.88 bits per heavy atom. The summed E-state index contributed by atoms with van der Waals surface area (Å²) >= 11 is 3.14. The summed E-state index contributed by atoms with van der Waals surface area (Å²) in [5.41, 5.74) is 0.796. The predicted octanol–water partition coefficient (Wildman–Crippen LogP) is 2.37. The highest BCUT2D eigenvalue weighted by Crippen LogP contribution is 2.47. The molecule has 5 heteroatoms. The third-order valence-corrected chi connectivity index (χ3v) is 3.48. The topological polar surface area (TPSA) is 69.9 Å². The molecule has 1 heterocycles. The average molecular weight is 289 g/mol. The largest absolute Gasteiger partial charge is 0.508 e. The second-order valence-electron chi connectivity index (χ2n) is 3.98. The average Bonchev–Trinajstić information content (AvgIpc) is 2.20. The maximum Gasteiger partial charge on any atom is 0.136 e. The van der Waals surface area contributed by atoms with Gasteiger partial charge in [-0.05, 0) is 35.8 Å². The van der Waals surface area contributed by atoms with Gasteiger partial charge in [0.25, 0.3) is 0 Å². The van der Waals surface area contributed by atoms with Crippen molar-refractivity contribution >= 4 is 15.9 Å². The Labute approximate surface area is 102 Å². The SMILES string of the molecule is C[C@@H]1O[C@H](C)c2c(O)c(Br)cc(O)c2[C@H]1O. The minimum atomic E-state index is -0.926. The predicted molar refractivity (Wildman–Crippen MR) is 61.4 cm³/mol. The van der Waals surface area contributed by atoms with Crippen LogP contribution in [0.2, 0.25) is 0 Å². The number of hydrogen-bond donors (Lipinski definition) is 3. The first-order chi connectivity index (χ1) is 7.43. The second kappa shape index (κ2) is 3.91. The van der Waals surface area contributed by atoms with Crippen LogP contribution < -0.4 is 0 Å². The maximum absolute atomic E-state index is 9.93. The first kappa shape index (κ1) is 11.7. The molecule has 3 N–H and O–H groups in total. The first-order valence-electron chi connectivity index (χ1n) is 5.01. The molecule has 1 aromatic carbocycles. The Hall–Kier alpha value is -0.780. The second-order valence-corrected chi connectivity index (χ2v) is 4.84. The van der Waals surface area contributed by atoms with Crippen LogP contribution in [0, 0.1) is 0 Å². The van der Waals surface area contributed by atoms with Gasteiger partial charge in [0.1, 0.15) is 17.6 Å². The number of aliphatic hydroxyl groups is 1. The van der Waals surface area contributed by atoms with Crippen LogP contribution in [0.5, 0.6) is 11.5 Å². The van der Waals surface area contributed by atoms with Crippen LogP contribution in [-0.2, 0) is 4.74 Å². The van der Waals surface area contributed by atoms with Gasteiger partial charge in [-0.1, -0.05) is 0 Å². The van der Waals surface area contributed by atoms with Crippen LogP contribution >= 0.6 is 15.9 Å². The molecule has 0 spiro atoms. The highest BCUT2D eigenvalue weighted by molar-refractivity contribution is 9.10. The van der Waals surface area contributed by atoms with E-state index in [1.54, 1.807) is 13.8 Å².